The number of amides is 3. The zero-order valence-corrected chi connectivity index (χ0v) is 16.1. The SMILES string of the molecule is NC(=O)c1c(Cl)c(-c2ccccc2)n2c1CN(C(=O)Nc1ccc(F)cc1)CC2. The molecule has 3 amide bonds. The predicted molar refractivity (Wildman–Crippen MR) is 109 cm³/mol. The van der Waals surface area contributed by atoms with Crippen molar-refractivity contribution in [3.05, 3.63) is 76.7 Å². The monoisotopic (exact) mass is 412 g/mol. The first kappa shape index (κ1) is 19.0. The van der Waals surface area contributed by atoms with Crippen LogP contribution in [0.25, 0.3) is 11.3 Å². The fourth-order valence-electron chi connectivity index (χ4n) is 3.56. The van der Waals surface area contributed by atoms with E-state index >= 15 is 0 Å². The van der Waals surface area contributed by atoms with Crippen molar-refractivity contribution < 1.29 is 14.0 Å². The van der Waals surface area contributed by atoms with Gasteiger partial charge in [-0.2, -0.15) is 0 Å². The van der Waals surface area contributed by atoms with E-state index in [9.17, 15) is 14.0 Å². The summed E-state index contributed by atoms with van der Waals surface area (Å²) in [5.41, 5.74) is 8.49. The number of hydrogen-bond donors (Lipinski definition) is 2. The fraction of sp³-hybridized carbons (Fsp3) is 0.143. The maximum atomic E-state index is 13.1. The molecule has 0 atom stereocenters. The summed E-state index contributed by atoms with van der Waals surface area (Å²) in [6.07, 6.45) is 0. The Morgan fingerprint density at radius 2 is 1.72 bits per heavy atom. The number of nitrogens with one attached hydrogen (secondary N) is 1. The van der Waals surface area contributed by atoms with Crippen molar-refractivity contribution in [3.8, 4) is 11.3 Å². The zero-order valence-electron chi connectivity index (χ0n) is 15.4. The Balaban J connectivity index is 1.66. The van der Waals surface area contributed by atoms with Gasteiger partial charge in [-0.3, -0.25) is 4.79 Å². The zero-order chi connectivity index (χ0) is 20.5. The Kier molecular flexibility index (Phi) is 4.98. The van der Waals surface area contributed by atoms with Crippen LogP contribution in [0.1, 0.15) is 16.1 Å². The second-order valence-electron chi connectivity index (χ2n) is 6.72. The van der Waals surface area contributed by atoms with Crippen LogP contribution in [0.5, 0.6) is 0 Å². The molecule has 1 aromatic heterocycles. The van der Waals surface area contributed by atoms with Crippen LogP contribution in [-0.2, 0) is 13.1 Å². The molecule has 1 aliphatic heterocycles. The molecule has 0 radical (unpaired) electrons. The quantitative estimate of drug-likeness (QED) is 0.679. The Hall–Kier alpha value is -3.32. The van der Waals surface area contributed by atoms with Crippen molar-refractivity contribution in [3.63, 3.8) is 0 Å². The lowest BCUT2D eigenvalue weighted by Crippen LogP contribution is -2.41. The number of fused-ring (bicyclic) bond motifs is 1. The summed E-state index contributed by atoms with van der Waals surface area (Å²) < 4.78 is 15.0. The molecule has 8 heteroatoms. The molecule has 0 unspecified atom stereocenters. The van der Waals surface area contributed by atoms with Gasteiger partial charge in [0.05, 0.1) is 28.5 Å². The maximum Gasteiger partial charge on any atom is 0.322 e. The minimum Gasteiger partial charge on any atom is -0.365 e. The van der Waals surface area contributed by atoms with Gasteiger partial charge in [-0.05, 0) is 29.8 Å². The molecule has 6 nitrogen and oxygen atoms in total. The minimum absolute atomic E-state index is 0.178. The number of hydrogen-bond acceptors (Lipinski definition) is 2. The maximum absolute atomic E-state index is 13.1. The molecular weight excluding hydrogens is 395 g/mol. The highest BCUT2D eigenvalue weighted by atomic mass is 35.5. The standard InChI is InChI=1S/C21H18ClFN4O2/c22-18-17(20(24)28)16-12-26(21(29)25-15-8-6-14(23)7-9-15)10-11-27(16)19(18)13-4-2-1-3-5-13/h1-9H,10-12H2,(H2,24,28)(H,25,29). The molecule has 1 aliphatic rings. The Morgan fingerprint density at radius 3 is 2.38 bits per heavy atom. The molecule has 3 aromatic rings. The highest BCUT2D eigenvalue weighted by Crippen LogP contribution is 2.37. The lowest BCUT2D eigenvalue weighted by molar-refractivity contribution is 0.0997. The van der Waals surface area contributed by atoms with Crippen LogP contribution in [0.4, 0.5) is 14.9 Å². The number of carbonyl (C=O) groups is 2. The molecule has 2 heterocycles. The number of anilines is 1. The molecule has 148 valence electrons. The number of urea groups is 1. The van der Waals surface area contributed by atoms with Crippen LogP contribution in [0.3, 0.4) is 0 Å². The summed E-state index contributed by atoms with van der Waals surface area (Å²) in [7, 11) is 0. The topological polar surface area (TPSA) is 80.4 Å². The van der Waals surface area contributed by atoms with Crippen molar-refractivity contribution >= 4 is 29.2 Å². The average Bonchev–Trinajstić information content (AvgIpc) is 3.01. The van der Waals surface area contributed by atoms with Crippen molar-refractivity contribution in [2.24, 2.45) is 5.73 Å². The molecule has 0 bridgehead atoms. The molecule has 2 aromatic carbocycles. The molecule has 0 saturated carbocycles. The van der Waals surface area contributed by atoms with E-state index in [0.29, 0.717) is 29.5 Å². The summed E-state index contributed by atoms with van der Waals surface area (Å²) >= 11 is 6.55. The van der Waals surface area contributed by atoms with Crippen LogP contribution in [0.2, 0.25) is 5.02 Å². The summed E-state index contributed by atoms with van der Waals surface area (Å²) in [6, 6.07) is 14.7. The Labute approximate surface area is 171 Å². The molecule has 3 N–H and O–H groups in total. The van der Waals surface area contributed by atoms with Gasteiger partial charge in [-0.25, -0.2) is 9.18 Å². The second-order valence-corrected chi connectivity index (χ2v) is 7.10. The van der Waals surface area contributed by atoms with Crippen molar-refractivity contribution in [1.82, 2.24) is 9.47 Å². The number of primary amides is 1. The van der Waals surface area contributed by atoms with E-state index in [1.165, 1.54) is 24.3 Å². The van der Waals surface area contributed by atoms with E-state index in [1.54, 1.807) is 4.90 Å². The number of benzene rings is 2. The first-order chi connectivity index (χ1) is 14.0. The summed E-state index contributed by atoms with van der Waals surface area (Å²) in [6.45, 7) is 1.06. The molecule has 0 saturated heterocycles. The lowest BCUT2D eigenvalue weighted by atomic mass is 10.1. The molecule has 0 fully saturated rings. The van der Waals surface area contributed by atoms with Crippen molar-refractivity contribution in [2.75, 3.05) is 11.9 Å². The number of aromatic nitrogens is 1. The molecule has 4 rings (SSSR count). The average molecular weight is 413 g/mol. The van der Waals surface area contributed by atoms with Gasteiger partial charge in [-0.15, -0.1) is 0 Å². The summed E-state index contributed by atoms with van der Waals surface area (Å²) in [5, 5.41) is 3.02. The van der Waals surface area contributed by atoms with Gasteiger partial charge in [0, 0.05) is 18.8 Å². The van der Waals surface area contributed by atoms with Crippen molar-refractivity contribution in [1.29, 1.82) is 0 Å². The van der Waals surface area contributed by atoms with Gasteiger partial charge in [0.2, 0.25) is 0 Å². The van der Waals surface area contributed by atoms with E-state index < -0.39 is 5.91 Å². The van der Waals surface area contributed by atoms with E-state index in [-0.39, 0.29) is 24.0 Å². The number of nitrogens with two attached hydrogens (primary N) is 1. The van der Waals surface area contributed by atoms with Gasteiger partial charge < -0.3 is 20.5 Å². The molecular formula is C21H18ClFN4O2. The second kappa shape index (κ2) is 7.60. The third kappa shape index (κ3) is 3.56. The normalized spacial score (nSPS) is 13.1. The van der Waals surface area contributed by atoms with Gasteiger partial charge in [0.15, 0.2) is 0 Å². The van der Waals surface area contributed by atoms with Gasteiger partial charge >= 0.3 is 6.03 Å². The molecule has 0 spiro atoms. The molecule has 0 aliphatic carbocycles. The van der Waals surface area contributed by atoms with Gasteiger partial charge in [0.25, 0.3) is 5.91 Å². The van der Waals surface area contributed by atoms with Crippen LogP contribution >= 0.6 is 11.6 Å². The number of halogens is 2. The number of nitrogens with zero attached hydrogens (tertiary/aromatic N) is 2. The highest BCUT2D eigenvalue weighted by molar-refractivity contribution is 6.36. The van der Waals surface area contributed by atoms with Crippen LogP contribution < -0.4 is 11.1 Å². The van der Waals surface area contributed by atoms with Gasteiger partial charge in [-0.1, -0.05) is 41.9 Å². The summed E-state index contributed by atoms with van der Waals surface area (Å²) in [5.74, 6) is -1.02. The summed E-state index contributed by atoms with van der Waals surface area (Å²) in [4.78, 5) is 26.3. The largest absolute Gasteiger partial charge is 0.365 e. The third-order valence-corrected chi connectivity index (χ3v) is 5.29. The highest BCUT2D eigenvalue weighted by Gasteiger charge is 2.31. The van der Waals surface area contributed by atoms with Crippen LogP contribution in [0, 0.1) is 5.82 Å². The first-order valence-electron chi connectivity index (χ1n) is 9.03. The van der Waals surface area contributed by atoms with E-state index in [0.717, 1.165) is 11.3 Å². The van der Waals surface area contributed by atoms with E-state index in [4.69, 9.17) is 17.3 Å². The van der Waals surface area contributed by atoms with E-state index in [1.807, 2.05) is 34.9 Å². The Bertz CT molecular complexity index is 1080. The number of carbonyl (C=O) groups excluding carboxylic acids is 2. The van der Waals surface area contributed by atoms with Gasteiger partial charge in [0.1, 0.15) is 5.82 Å². The lowest BCUT2D eigenvalue weighted by Gasteiger charge is -2.30. The van der Waals surface area contributed by atoms with Crippen molar-refractivity contribution in [2.45, 2.75) is 13.1 Å². The number of rotatable bonds is 3. The fourth-order valence-corrected chi connectivity index (χ4v) is 3.98. The first-order valence-corrected chi connectivity index (χ1v) is 9.41. The van der Waals surface area contributed by atoms with Crippen LogP contribution in [-0.4, -0.2) is 28.0 Å². The third-order valence-electron chi connectivity index (χ3n) is 4.92. The molecule has 29 heavy (non-hydrogen) atoms. The Morgan fingerprint density at radius 1 is 1.03 bits per heavy atom. The smallest absolute Gasteiger partial charge is 0.322 e. The predicted octanol–water partition coefficient (Wildman–Crippen LogP) is 4.09. The minimum atomic E-state index is -0.637. The van der Waals surface area contributed by atoms with Crippen LogP contribution in [0.15, 0.2) is 54.6 Å². The van der Waals surface area contributed by atoms with E-state index in [2.05, 4.69) is 5.32 Å².